The predicted molar refractivity (Wildman–Crippen MR) is 107 cm³/mol. The molecule has 1 atom stereocenters. The number of amides is 1. The summed E-state index contributed by atoms with van der Waals surface area (Å²) in [6.45, 7) is 8.48. The monoisotopic (exact) mass is 414 g/mol. The van der Waals surface area contributed by atoms with E-state index in [0.29, 0.717) is 24.5 Å². The van der Waals surface area contributed by atoms with Crippen LogP contribution in [0.25, 0.3) is 16.9 Å². The van der Waals surface area contributed by atoms with Crippen LogP contribution in [0.1, 0.15) is 42.7 Å². The first kappa shape index (κ1) is 18.5. The summed E-state index contributed by atoms with van der Waals surface area (Å²) < 4.78 is 17.5. The second kappa shape index (κ2) is 6.24. The number of imidazole rings is 1. The van der Waals surface area contributed by atoms with Crippen LogP contribution in [0, 0.1) is 5.82 Å². The van der Waals surface area contributed by atoms with Gasteiger partial charge in [-0.3, -0.25) is 9.69 Å². The lowest BCUT2D eigenvalue weighted by atomic mass is 10.0. The van der Waals surface area contributed by atoms with Gasteiger partial charge >= 0.3 is 11.6 Å². The van der Waals surface area contributed by atoms with Gasteiger partial charge in [0.25, 0.3) is 0 Å². The van der Waals surface area contributed by atoms with Gasteiger partial charge in [0.05, 0.1) is 11.6 Å². The normalized spacial score (nSPS) is 21.2. The molecule has 5 rings (SSSR count). The highest BCUT2D eigenvalue weighted by Crippen LogP contribution is 2.32. The van der Waals surface area contributed by atoms with Crippen LogP contribution in [0.4, 0.5) is 4.39 Å². The summed E-state index contributed by atoms with van der Waals surface area (Å²) in [5, 5.41) is 8.23. The second-order valence-corrected chi connectivity index (χ2v) is 8.64. The first-order valence-electron chi connectivity index (χ1n) is 9.78. The number of fused-ring (bicyclic) bond motifs is 5. The number of halogens is 2. The van der Waals surface area contributed by atoms with Crippen molar-refractivity contribution in [3.05, 3.63) is 52.6 Å². The van der Waals surface area contributed by atoms with Crippen molar-refractivity contribution >= 4 is 23.2 Å². The van der Waals surface area contributed by atoms with E-state index in [1.165, 1.54) is 6.07 Å². The number of hydrogen-bond acceptors (Lipinski definition) is 3. The Labute approximate surface area is 172 Å². The zero-order chi connectivity index (χ0) is 20.5. The predicted octanol–water partition coefficient (Wildman–Crippen LogP) is 2.94. The van der Waals surface area contributed by atoms with Crippen molar-refractivity contribution < 1.29 is 13.8 Å². The molecule has 8 heteroatoms. The van der Waals surface area contributed by atoms with Gasteiger partial charge in [0.2, 0.25) is 5.69 Å². The van der Waals surface area contributed by atoms with Gasteiger partial charge in [0, 0.05) is 31.1 Å². The van der Waals surface area contributed by atoms with Crippen LogP contribution in [0.3, 0.4) is 0 Å². The SMILES string of the molecule is CC(C)c1cc(-c2ccc(F)c(Cl)c2)nn2cc3[n+](c12)C1(C)CNCCN1C3=O. The van der Waals surface area contributed by atoms with E-state index in [2.05, 4.69) is 30.7 Å². The Balaban J connectivity index is 1.78. The second-order valence-electron chi connectivity index (χ2n) is 8.24. The standard InChI is InChI=1S/C21H22ClFN5O/c1-12(2)14-9-17(13-4-5-16(23)15(22)8-13)25-27-10-18-20(29)26-7-6-24-11-21(26,3)28(18)19(14)27/h4-5,8-10,12,24H,6-7,11H2,1-3H3/q+1. The average molecular weight is 415 g/mol. The highest BCUT2D eigenvalue weighted by molar-refractivity contribution is 6.31. The number of aromatic nitrogens is 3. The molecule has 1 aromatic carbocycles. The number of piperazine rings is 1. The summed E-state index contributed by atoms with van der Waals surface area (Å²) in [5.41, 5.74) is 3.58. The van der Waals surface area contributed by atoms with Crippen molar-refractivity contribution in [2.24, 2.45) is 0 Å². The van der Waals surface area contributed by atoms with Crippen LogP contribution in [0.15, 0.2) is 30.5 Å². The van der Waals surface area contributed by atoms with Crippen molar-refractivity contribution in [1.29, 1.82) is 0 Å². The average Bonchev–Trinajstić information content (AvgIpc) is 3.18. The molecule has 150 valence electrons. The molecule has 2 aromatic heterocycles. The molecule has 29 heavy (non-hydrogen) atoms. The Hall–Kier alpha value is -2.51. The maximum atomic E-state index is 13.6. The molecular formula is C21H22ClFN5O+. The highest BCUT2D eigenvalue weighted by Gasteiger charge is 2.55. The van der Waals surface area contributed by atoms with Gasteiger partial charge < -0.3 is 5.32 Å². The first-order valence-corrected chi connectivity index (χ1v) is 10.2. The third-order valence-electron chi connectivity index (χ3n) is 6.02. The molecule has 2 aliphatic rings. The zero-order valence-electron chi connectivity index (χ0n) is 16.5. The van der Waals surface area contributed by atoms with Gasteiger partial charge in [-0.05, 0) is 30.2 Å². The van der Waals surface area contributed by atoms with Gasteiger partial charge in [-0.1, -0.05) is 35.1 Å². The van der Waals surface area contributed by atoms with Crippen molar-refractivity contribution in [3.8, 4) is 11.3 Å². The van der Waals surface area contributed by atoms with Crippen molar-refractivity contribution in [2.45, 2.75) is 32.4 Å². The molecule has 1 N–H and O–H groups in total. The van der Waals surface area contributed by atoms with Crippen LogP contribution in [0.5, 0.6) is 0 Å². The Morgan fingerprint density at radius 2 is 2.14 bits per heavy atom. The Morgan fingerprint density at radius 1 is 1.34 bits per heavy atom. The maximum absolute atomic E-state index is 13.6. The van der Waals surface area contributed by atoms with E-state index in [1.807, 2.05) is 17.2 Å². The molecule has 0 saturated carbocycles. The number of nitrogens with zero attached hydrogens (tertiary/aromatic N) is 4. The van der Waals surface area contributed by atoms with Crippen molar-refractivity contribution in [1.82, 2.24) is 19.8 Å². The summed E-state index contributed by atoms with van der Waals surface area (Å²) in [6.07, 6.45) is 1.81. The minimum Gasteiger partial charge on any atom is -0.309 e. The summed E-state index contributed by atoms with van der Waals surface area (Å²) in [5.74, 6) is -0.231. The quantitative estimate of drug-likeness (QED) is 0.656. The third kappa shape index (κ3) is 2.53. The van der Waals surface area contributed by atoms with Crippen molar-refractivity contribution in [2.75, 3.05) is 19.6 Å². The summed E-state index contributed by atoms with van der Waals surface area (Å²) in [4.78, 5) is 15.0. The fourth-order valence-electron chi connectivity index (χ4n) is 4.52. The molecule has 0 radical (unpaired) electrons. The number of rotatable bonds is 2. The number of hydrogen-bond donors (Lipinski definition) is 1. The minimum absolute atomic E-state index is 0.0283. The molecule has 1 fully saturated rings. The van der Waals surface area contributed by atoms with Crippen LogP contribution < -0.4 is 9.88 Å². The molecule has 0 spiro atoms. The van der Waals surface area contributed by atoms with E-state index >= 15 is 0 Å². The van der Waals surface area contributed by atoms with E-state index in [4.69, 9.17) is 16.7 Å². The zero-order valence-corrected chi connectivity index (χ0v) is 17.3. The molecule has 6 nitrogen and oxygen atoms in total. The lowest BCUT2D eigenvalue weighted by Gasteiger charge is -2.37. The lowest BCUT2D eigenvalue weighted by Crippen LogP contribution is -2.68. The summed E-state index contributed by atoms with van der Waals surface area (Å²) in [7, 11) is 0. The number of benzene rings is 1. The third-order valence-corrected chi connectivity index (χ3v) is 6.31. The molecule has 3 aromatic rings. The first-order chi connectivity index (χ1) is 13.8. The number of nitrogens with one attached hydrogen (secondary N) is 1. The van der Waals surface area contributed by atoms with E-state index in [9.17, 15) is 9.18 Å². The molecule has 0 aliphatic carbocycles. The van der Waals surface area contributed by atoms with E-state index in [-0.39, 0.29) is 16.8 Å². The number of carbonyl (C=O) groups is 1. The minimum atomic E-state index is -0.467. The molecular weight excluding hydrogens is 393 g/mol. The molecule has 2 aliphatic heterocycles. The van der Waals surface area contributed by atoms with Gasteiger partial charge in [-0.2, -0.15) is 4.57 Å². The molecule has 1 amide bonds. The molecule has 0 bridgehead atoms. The smallest absolute Gasteiger partial charge is 0.309 e. The van der Waals surface area contributed by atoms with Gasteiger partial charge in [-0.25, -0.2) is 4.39 Å². The maximum Gasteiger partial charge on any atom is 0.313 e. The van der Waals surface area contributed by atoms with Crippen molar-refractivity contribution in [3.63, 3.8) is 0 Å². The molecule has 1 unspecified atom stereocenters. The van der Waals surface area contributed by atoms with E-state index < -0.39 is 11.5 Å². The van der Waals surface area contributed by atoms with Crippen LogP contribution >= 0.6 is 11.6 Å². The number of carbonyl (C=O) groups excluding carboxylic acids is 1. The molecule has 1 saturated heterocycles. The van der Waals surface area contributed by atoms with Gasteiger partial charge in [-0.15, -0.1) is 0 Å². The fourth-order valence-corrected chi connectivity index (χ4v) is 4.70. The van der Waals surface area contributed by atoms with Gasteiger partial charge in [0.15, 0.2) is 11.9 Å². The van der Waals surface area contributed by atoms with E-state index in [0.717, 1.165) is 23.3 Å². The van der Waals surface area contributed by atoms with Crippen LogP contribution in [0.2, 0.25) is 5.02 Å². The van der Waals surface area contributed by atoms with Crippen LogP contribution in [-0.4, -0.2) is 40.1 Å². The van der Waals surface area contributed by atoms with E-state index in [1.54, 1.807) is 16.6 Å². The highest BCUT2D eigenvalue weighted by atomic mass is 35.5. The summed E-state index contributed by atoms with van der Waals surface area (Å²) >= 11 is 5.99. The fraction of sp³-hybridized carbons (Fsp3) is 0.381. The summed E-state index contributed by atoms with van der Waals surface area (Å²) in [6, 6.07) is 6.62. The van der Waals surface area contributed by atoms with Crippen LogP contribution in [-0.2, 0) is 5.66 Å². The molecule has 4 heterocycles. The lowest BCUT2D eigenvalue weighted by molar-refractivity contribution is -0.747. The Morgan fingerprint density at radius 3 is 2.86 bits per heavy atom. The Kier molecular flexibility index (Phi) is 3.98. The largest absolute Gasteiger partial charge is 0.313 e. The Bertz CT molecular complexity index is 1170. The van der Waals surface area contributed by atoms with Gasteiger partial charge in [0.1, 0.15) is 11.5 Å². The topological polar surface area (TPSA) is 53.5 Å².